The van der Waals surface area contributed by atoms with Gasteiger partial charge in [0.1, 0.15) is 13.2 Å². The quantitative estimate of drug-likeness (QED) is 0.0254. The molecule has 0 spiro atoms. The Morgan fingerprint density at radius 3 is 0.800 bits per heavy atom. The number of hydrogen-bond donors (Lipinski definition) is 0. The van der Waals surface area contributed by atoms with Crippen LogP contribution in [0.15, 0.2) is 0 Å². The van der Waals surface area contributed by atoms with Crippen LogP contribution in [0.1, 0.15) is 241 Å². The van der Waals surface area contributed by atoms with Crippen LogP contribution in [-0.4, -0.2) is 76.7 Å². The Hall–Kier alpha value is -1.75. The van der Waals surface area contributed by atoms with E-state index in [1.807, 2.05) is 0 Å². The van der Waals surface area contributed by atoms with Crippen molar-refractivity contribution in [2.75, 3.05) is 46.2 Å². The van der Waals surface area contributed by atoms with Gasteiger partial charge < -0.3 is 33.2 Å². The third kappa shape index (κ3) is 48.9. The third-order valence-electron chi connectivity index (χ3n) is 10.0. The molecule has 0 aromatic rings. The number of rotatable bonds is 45. The van der Waals surface area contributed by atoms with E-state index in [2.05, 4.69) is 48.5 Å². The van der Waals surface area contributed by atoms with E-state index in [0.29, 0.717) is 58.2 Å². The van der Waals surface area contributed by atoms with E-state index in [9.17, 15) is 14.4 Å². The Morgan fingerprint density at radius 2 is 0.550 bits per heavy atom. The van der Waals surface area contributed by atoms with E-state index in [4.69, 9.17) is 33.2 Å². The van der Waals surface area contributed by atoms with Gasteiger partial charge in [-0.2, -0.15) is 0 Å². The van der Waals surface area contributed by atoms with Gasteiger partial charge in [0, 0.05) is 45.7 Å². The molecule has 0 aromatic heterocycles. The fourth-order valence-electron chi connectivity index (χ4n) is 6.06. The first kappa shape index (κ1) is 60.3. The van der Waals surface area contributed by atoms with Gasteiger partial charge in [-0.25, -0.2) is 0 Å². The van der Waals surface area contributed by atoms with Gasteiger partial charge in [-0.15, -0.1) is 0 Å². The number of carbonyl (C=O) groups excluding carboxylic acids is 3. The van der Waals surface area contributed by atoms with Gasteiger partial charge in [-0.3, -0.25) is 14.4 Å². The summed E-state index contributed by atoms with van der Waals surface area (Å²) in [5, 5.41) is 0. The maximum absolute atomic E-state index is 12.1. The summed E-state index contributed by atoms with van der Waals surface area (Å²) < 4.78 is 38.7. The molecule has 60 heavy (non-hydrogen) atoms. The van der Waals surface area contributed by atoms with Crippen molar-refractivity contribution in [3.8, 4) is 0 Å². The highest BCUT2D eigenvalue weighted by Gasteiger charge is 2.14. The minimum Gasteiger partial charge on any atom is -0.465 e. The Labute approximate surface area is 370 Å². The average Bonchev–Trinajstić information content (AvgIpc) is 3.23. The molecule has 0 amide bonds. The molecule has 0 atom stereocenters. The van der Waals surface area contributed by atoms with Crippen molar-refractivity contribution in [3.05, 3.63) is 0 Å². The summed E-state index contributed by atoms with van der Waals surface area (Å²) in [5.41, 5.74) is 0. The SMILES string of the molecule is CCCCCCCCCCCCCCCC(=O)OCC(C)C.CCCCOC(COC(=O)CCCCCCCCC(=O)OCC(OCCCC)OCCCC)OCCCC. The summed E-state index contributed by atoms with van der Waals surface area (Å²) in [7, 11) is 0. The van der Waals surface area contributed by atoms with Gasteiger partial charge >= 0.3 is 17.9 Å². The summed E-state index contributed by atoms with van der Waals surface area (Å²) >= 11 is 0. The largest absolute Gasteiger partial charge is 0.465 e. The van der Waals surface area contributed by atoms with Crippen LogP contribution in [0.5, 0.6) is 0 Å². The lowest BCUT2D eigenvalue weighted by atomic mass is 10.0. The molecule has 0 aromatic carbocycles. The van der Waals surface area contributed by atoms with Gasteiger partial charge in [-0.1, -0.05) is 177 Å². The van der Waals surface area contributed by atoms with E-state index in [-0.39, 0.29) is 31.1 Å². The van der Waals surface area contributed by atoms with Crippen LogP contribution in [0.4, 0.5) is 0 Å². The number of esters is 3. The fourth-order valence-corrected chi connectivity index (χ4v) is 6.06. The molecule has 0 saturated heterocycles. The first-order chi connectivity index (χ1) is 29.2. The predicted molar refractivity (Wildman–Crippen MR) is 246 cm³/mol. The van der Waals surface area contributed by atoms with Gasteiger partial charge in [0.15, 0.2) is 12.6 Å². The lowest BCUT2D eigenvalue weighted by molar-refractivity contribution is -0.183. The van der Waals surface area contributed by atoms with Crippen LogP contribution >= 0.6 is 0 Å². The van der Waals surface area contributed by atoms with Crippen molar-refractivity contribution in [2.45, 2.75) is 254 Å². The van der Waals surface area contributed by atoms with Crippen molar-refractivity contribution in [3.63, 3.8) is 0 Å². The lowest BCUT2D eigenvalue weighted by Gasteiger charge is -2.18. The first-order valence-electron chi connectivity index (χ1n) is 25.2. The van der Waals surface area contributed by atoms with Gasteiger partial charge in [0.25, 0.3) is 0 Å². The fraction of sp³-hybridized carbons (Fsp3) is 0.940. The molecule has 358 valence electrons. The summed E-state index contributed by atoms with van der Waals surface area (Å²) in [4.78, 5) is 35.6. The van der Waals surface area contributed by atoms with Crippen LogP contribution in [0.25, 0.3) is 0 Å². The van der Waals surface area contributed by atoms with Crippen LogP contribution < -0.4 is 0 Å². The Balaban J connectivity index is 0. The molecule has 0 aliphatic rings. The molecule has 10 heteroatoms. The van der Waals surface area contributed by atoms with Crippen molar-refractivity contribution >= 4 is 17.9 Å². The van der Waals surface area contributed by atoms with E-state index in [0.717, 1.165) is 96.3 Å². The maximum atomic E-state index is 12.1. The second-order valence-corrected chi connectivity index (χ2v) is 16.8. The number of unbranched alkanes of at least 4 members (excludes halogenated alkanes) is 21. The summed E-state index contributed by atoms with van der Waals surface area (Å²) in [6.07, 6.45) is 31.5. The maximum Gasteiger partial charge on any atom is 0.305 e. The van der Waals surface area contributed by atoms with E-state index < -0.39 is 12.6 Å². The molecule has 0 fully saturated rings. The summed E-state index contributed by atoms with van der Waals surface area (Å²) in [5.74, 6) is 0.0190. The highest BCUT2D eigenvalue weighted by Crippen LogP contribution is 2.14. The zero-order valence-corrected chi connectivity index (χ0v) is 40.5. The number of hydrogen-bond acceptors (Lipinski definition) is 10. The second-order valence-electron chi connectivity index (χ2n) is 16.8. The van der Waals surface area contributed by atoms with Gasteiger partial charge in [-0.05, 0) is 50.9 Å². The molecule has 0 bridgehead atoms. The second kappa shape index (κ2) is 49.9. The molecule has 0 saturated carbocycles. The van der Waals surface area contributed by atoms with Gasteiger partial charge in [0.05, 0.1) is 6.61 Å². The minimum absolute atomic E-state index is 0.0169. The topological polar surface area (TPSA) is 116 Å². The molecule has 0 rings (SSSR count). The molecule has 0 aliphatic heterocycles. The number of carbonyl (C=O) groups is 3. The summed E-state index contributed by atoms with van der Waals surface area (Å²) in [6, 6.07) is 0. The van der Waals surface area contributed by atoms with Crippen LogP contribution in [0, 0.1) is 5.92 Å². The molecule has 0 N–H and O–H groups in total. The Morgan fingerprint density at radius 1 is 0.317 bits per heavy atom. The van der Waals surface area contributed by atoms with Crippen molar-refractivity contribution in [1.82, 2.24) is 0 Å². The molecule has 0 heterocycles. The molecule has 0 aliphatic carbocycles. The average molecular weight is 859 g/mol. The van der Waals surface area contributed by atoms with Crippen LogP contribution in [0.3, 0.4) is 0 Å². The van der Waals surface area contributed by atoms with Crippen molar-refractivity contribution in [1.29, 1.82) is 0 Å². The molecular formula is C50H98O10. The van der Waals surface area contributed by atoms with E-state index in [1.165, 1.54) is 77.0 Å². The summed E-state index contributed by atoms with van der Waals surface area (Å²) in [6.45, 7) is 18.2. The predicted octanol–water partition coefficient (Wildman–Crippen LogP) is 13.8. The Kier molecular flexibility index (Phi) is 50.2. The minimum atomic E-state index is -0.475. The van der Waals surface area contributed by atoms with Crippen molar-refractivity contribution < 1.29 is 47.5 Å². The molecule has 0 radical (unpaired) electrons. The monoisotopic (exact) mass is 859 g/mol. The Bertz CT molecular complexity index is 832. The van der Waals surface area contributed by atoms with E-state index >= 15 is 0 Å². The highest BCUT2D eigenvalue weighted by atomic mass is 16.7. The van der Waals surface area contributed by atoms with Crippen molar-refractivity contribution in [2.24, 2.45) is 5.92 Å². The standard InChI is InChI=1S/C30H58O8.C20H40O2/c1-5-9-21-33-29(34-22-10-6-2)25-37-27(31)19-17-15-13-14-16-18-20-28(32)38-26-30(35-23-11-7-3)36-24-12-8-4;1-4-5-6-7-8-9-10-11-12-13-14-15-16-17-20(21)22-18-19(2)3/h29-30H,5-26H2,1-4H3;19H,4-18H2,1-3H3. The van der Waals surface area contributed by atoms with Crippen LogP contribution in [0.2, 0.25) is 0 Å². The lowest BCUT2D eigenvalue weighted by Crippen LogP contribution is -2.26. The third-order valence-corrected chi connectivity index (χ3v) is 10.0. The molecule has 0 unspecified atom stereocenters. The number of ether oxygens (including phenoxy) is 7. The smallest absolute Gasteiger partial charge is 0.305 e. The van der Waals surface area contributed by atoms with E-state index in [1.54, 1.807) is 0 Å². The zero-order chi connectivity index (χ0) is 44.6. The van der Waals surface area contributed by atoms with Crippen LogP contribution in [-0.2, 0) is 47.5 Å². The first-order valence-corrected chi connectivity index (χ1v) is 25.2. The normalized spacial score (nSPS) is 11.3. The zero-order valence-electron chi connectivity index (χ0n) is 40.5. The van der Waals surface area contributed by atoms with Gasteiger partial charge in [0.2, 0.25) is 0 Å². The molecule has 10 nitrogen and oxygen atoms in total. The highest BCUT2D eigenvalue weighted by molar-refractivity contribution is 5.69. The molecular weight excluding hydrogens is 761 g/mol.